The molecule has 1 aromatic heterocycles. The molecule has 1 amide bonds. The van der Waals surface area contributed by atoms with E-state index in [2.05, 4.69) is 35.9 Å². The highest BCUT2D eigenvalue weighted by Crippen LogP contribution is 2.35. The highest BCUT2D eigenvalue weighted by atomic mass is 32.1. The molecular formula is C16H24N2OS. The molecule has 3 nitrogen and oxygen atoms in total. The molecule has 1 saturated heterocycles. The van der Waals surface area contributed by atoms with E-state index in [9.17, 15) is 4.79 Å². The molecule has 0 bridgehead atoms. The lowest BCUT2D eigenvalue weighted by molar-refractivity contribution is -0.127. The number of carbonyl (C=O) groups is 1. The van der Waals surface area contributed by atoms with Gasteiger partial charge < -0.3 is 10.6 Å². The van der Waals surface area contributed by atoms with E-state index in [0.717, 1.165) is 25.8 Å². The number of rotatable bonds is 2. The van der Waals surface area contributed by atoms with Gasteiger partial charge in [-0.3, -0.25) is 4.79 Å². The molecule has 1 aliphatic carbocycles. The molecule has 4 heteroatoms. The second kappa shape index (κ2) is 5.49. The highest BCUT2D eigenvalue weighted by Gasteiger charge is 2.38. The molecule has 0 saturated carbocycles. The van der Waals surface area contributed by atoms with Gasteiger partial charge in [0.2, 0.25) is 5.91 Å². The summed E-state index contributed by atoms with van der Waals surface area (Å²) >= 11 is 1.82. The predicted octanol–water partition coefficient (Wildman–Crippen LogP) is 3.02. The van der Waals surface area contributed by atoms with Crippen LogP contribution in [0.15, 0.2) is 11.4 Å². The Bertz CT molecular complexity index is 494. The Morgan fingerprint density at radius 3 is 3.10 bits per heavy atom. The fourth-order valence-electron chi connectivity index (χ4n) is 3.55. The van der Waals surface area contributed by atoms with E-state index in [0.29, 0.717) is 0 Å². The number of carbonyl (C=O) groups excluding carboxylic acids is 1. The third-order valence-corrected chi connectivity index (χ3v) is 5.75. The molecule has 2 N–H and O–H groups in total. The number of fused-ring (bicyclic) bond motifs is 1. The Morgan fingerprint density at radius 1 is 1.45 bits per heavy atom. The van der Waals surface area contributed by atoms with Gasteiger partial charge in [0, 0.05) is 4.88 Å². The van der Waals surface area contributed by atoms with E-state index >= 15 is 0 Å². The van der Waals surface area contributed by atoms with Gasteiger partial charge >= 0.3 is 0 Å². The molecule has 2 aliphatic rings. The third kappa shape index (κ3) is 2.63. The van der Waals surface area contributed by atoms with E-state index in [-0.39, 0.29) is 23.4 Å². The van der Waals surface area contributed by atoms with Crippen molar-refractivity contribution in [2.75, 3.05) is 6.54 Å². The van der Waals surface area contributed by atoms with Crippen LogP contribution >= 0.6 is 11.3 Å². The Kier molecular flexibility index (Phi) is 3.87. The summed E-state index contributed by atoms with van der Waals surface area (Å²) in [5, 5.41) is 8.85. The molecule has 2 heterocycles. The van der Waals surface area contributed by atoms with Crippen molar-refractivity contribution >= 4 is 17.2 Å². The standard InChI is InChI=1S/C16H24N2OS/c1-16(2)8-4-9-17-14(16)15(19)18-12-5-3-6-13-11(12)7-10-20-13/h7,10,12,14,17H,3-6,8-9H2,1-2H3,(H,18,19). The second-order valence-electron chi connectivity index (χ2n) is 6.73. The molecule has 1 fully saturated rings. The number of amides is 1. The summed E-state index contributed by atoms with van der Waals surface area (Å²) in [6, 6.07) is 2.35. The quantitative estimate of drug-likeness (QED) is 0.880. The molecular weight excluding hydrogens is 268 g/mol. The van der Waals surface area contributed by atoms with E-state index in [1.54, 1.807) is 0 Å². The van der Waals surface area contributed by atoms with Crippen LogP contribution in [0, 0.1) is 5.41 Å². The number of aryl methyl sites for hydroxylation is 1. The monoisotopic (exact) mass is 292 g/mol. The van der Waals surface area contributed by atoms with Gasteiger partial charge in [-0.25, -0.2) is 0 Å². The van der Waals surface area contributed by atoms with Crippen LogP contribution in [0.2, 0.25) is 0 Å². The van der Waals surface area contributed by atoms with Crippen molar-refractivity contribution in [1.82, 2.24) is 10.6 Å². The fraction of sp³-hybridized carbons (Fsp3) is 0.688. The summed E-state index contributed by atoms with van der Waals surface area (Å²) in [4.78, 5) is 14.1. The van der Waals surface area contributed by atoms with Crippen LogP contribution in [-0.4, -0.2) is 18.5 Å². The molecule has 2 atom stereocenters. The van der Waals surface area contributed by atoms with Crippen LogP contribution < -0.4 is 10.6 Å². The van der Waals surface area contributed by atoms with Crippen molar-refractivity contribution in [2.24, 2.45) is 5.41 Å². The Balaban J connectivity index is 1.71. The Morgan fingerprint density at radius 2 is 2.30 bits per heavy atom. The van der Waals surface area contributed by atoms with Crippen molar-refractivity contribution in [3.63, 3.8) is 0 Å². The topological polar surface area (TPSA) is 41.1 Å². The van der Waals surface area contributed by atoms with Crippen molar-refractivity contribution in [3.8, 4) is 0 Å². The summed E-state index contributed by atoms with van der Waals surface area (Å²) < 4.78 is 0. The van der Waals surface area contributed by atoms with E-state index in [1.807, 2.05) is 11.3 Å². The van der Waals surface area contributed by atoms with Crippen LogP contribution in [0.1, 0.15) is 56.0 Å². The van der Waals surface area contributed by atoms with E-state index in [4.69, 9.17) is 0 Å². The highest BCUT2D eigenvalue weighted by molar-refractivity contribution is 7.10. The summed E-state index contributed by atoms with van der Waals surface area (Å²) in [6.07, 6.45) is 5.70. The van der Waals surface area contributed by atoms with Crippen molar-refractivity contribution in [1.29, 1.82) is 0 Å². The average Bonchev–Trinajstić information content (AvgIpc) is 2.87. The lowest BCUT2D eigenvalue weighted by Gasteiger charge is -2.39. The average molecular weight is 292 g/mol. The van der Waals surface area contributed by atoms with Gasteiger partial charge in [0.15, 0.2) is 0 Å². The van der Waals surface area contributed by atoms with Gasteiger partial charge in [-0.15, -0.1) is 11.3 Å². The minimum atomic E-state index is -0.0553. The van der Waals surface area contributed by atoms with Crippen LogP contribution in [-0.2, 0) is 11.2 Å². The third-order valence-electron chi connectivity index (χ3n) is 4.76. The minimum Gasteiger partial charge on any atom is -0.348 e. The Labute approximate surface area is 125 Å². The fourth-order valence-corrected chi connectivity index (χ4v) is 4.54. The first-order valence-electron chi connectivity index (χ1n) is 7.68. The molecule has 0 radical (unpaired) electrons. The molecule has 0 aromatic carbocycles. The molecule has 20 heavy (non-hydrogen) atoms. The SMILES string of the molecule is CC1(C)CCCNC1C(=O)NC1CCCc2sccc21. The first kappa shape index (κ1) is 14.1. The van der Waals surface area contributed by atoms with Gasteiger partial charge in [-0.05, 0) is 61.1 Å². The molecule has 2 unspecified atom stereocenters. The molecule has 110 valence electrons. The lowest BCUT2D eigenvalue weighted by Crippen LogP contribution is -2.56. The number of piperidine rings is 1. The summed E-state index contributed by atoms with van der Waals surface area (Å²) in [5.74, 6) is 0.179. The zero-order valence-corrected chi connectivity index (χ0v) is 13.2. The normalized spacial score (nSPS) is 28.7. The van der Waals surface area contributed by atoms with Crippen LogP contribution in [0.25, 0.3) is 0 Å². The van der Waals surface area contributed by atoms with Crippen molar-refractivity contribution in [2.45, 2.75) is 58.0 Å². The zero-order chi connectivity index (χ0) is 14.2. The molecule has 0 spiro atoms. The van der Waals surface area contributed by atoms with Crippen LogP contribution in [0.5, 0.6) is 0 Å². The number of hydrogen-bond donors (Lipinski definition) is 2. The zero-order valence-electron chi connectivity index (χ0n) is 12.4. The van der Waals surface area contributed by atoms with Gasteiger partial charge in [0.25, 0.3) is 0 Å². The molecule has 3 rings (SSSR count). The van der Waals surface area contributed by atoms with E-state index < -0.39 is 0 Å². The maximum Gasteiger partial charge on any atom is 0.238 e. The largest absolute Gasteiger partial charge is 0.348 e. The smallest absolute Gasteiger partial charge is 0.238 e. The summed E-state index contributed by atoms with van der Waals surface area (Å²) in [7, 11) is 0. The van der Waals surface area contributed by atoms with Gasteiger partial charge in [-0.2, -0.15) is 0 Å². The van der Waals surface area contributed by atoms with Gasteiger partial charge in [0.1, 0.15) is 0 Å². The first-order chi connectivity index (χ1) is 9.58. The van der Waals surface area contributed by atoms with Crippen molar-refractivity contribution < 1.29 is 4.79 Å². The van der Waals surface area contributed by atoms with Crippen LogP contribution in [0.4, 0.5) is 0 Å². The first-order valence-corrected chi connectivity index (χ1v) is 8.56. The number of thiophene rings is 1. The van der Waals surface area contributed by atoms with E-state index in [1.165, 1.54) is 23.3 Å². The molecule has 1 aliphatic heterocycles. The van der Waals surface area contributed by atoms with Crippen molar-refractivity contribution in [3.05, 3.63) is 21.9 Å². The predicted molar refractivity (Wildman–Crippen MR) is 82.9 cm³/mol. The maximum atomic E-state index is 12.6. The summed E-state index contributed by atoms with van der Waals surface area (Å²) in [6.45, 7) is 5.34. The Hall–Kier alpha value is -0.870. The van der Waals surface area contributed by atoms with Crippen LogP contribution in [0.3, 0.4) is 0 Å². The molecule has 1 aromatic rings. The maximum absolute atomic E-state index is 12.6. The lowest BCUT2D eigenvalue weighted by atomic mass is 9.77. The van der Waals surface area contributed by atoms with Gasteiger partial charge in [0.05, 0.1) is 12.1 Å². The number of nitrogens with one attached hydrogen (secondary N) is 2. The second-order valence-corrected chi connectivity index (χ2v) is 7.73. The minimum absolute atomic E-state index is 0.0501. The summed E-state index contributed by atoms with van der Waals surface area (Å²) in [5.41, 5.74) is 1.40. The number of hydrogen-bond acceptors (Lipinski definition) is 3. The van der Waals surface area contributed by atoms with Gasteiger partial charge in [-0.1, -0.05) is 13.8 Å².